The van der Waals surface area contributed by atoms with Gasteiger partial charge < -0.3 is 9.47 Å². The highest BCUT2D eigenvalue weighted by molar-refractivity contribution is 6.31. The van der Waals surface area contributed by atoms with E-state index in [-0.39, 0.29) is 23.0 Å². The van der Waals surface area contributed by atoms with E-state index in [0.29, 0.717) is 12.8 Å². The third-order valence-corrected chi connectivity index (χ3v) is 8.70. The number of hydrogen-bond donors (Lipinski definition) is 0. The largest absolute Gasteiger partial charge is 0.344 e. The van der Waals surface area contributed by atoms with Crippen molar-refractivity contribution in [3.63, 3.8) is 0 Å². The van der Waals surface area contributed by atoms with Crippen LogP contribution in [0.15, 0.2) is 35.5 Å². The van der Waals surface area contributed by atoms with Crippen molar-refractivity contribution >= 4 is 23.2 Å². The Morgan fingerprint density at radius 1 is 1.30 bits per heavy atom. The number of carbonyl (C=O) groups is 2. The standard InChI is InChI=1S/C24H28ClFO4/c1-21(2)29-18-12-17-15-6-5-13-11-14(27)7-9-22(13,3)16(15)8-10-23(17,4)24(18,30-21)19(28)20(25)26/h7-9,11,15,17-18,20H,5-6,10,12H2,1-4H3/t15-,17+,18-,20?,22+,23+,24+/m1/s1. The molecule has 2 saturated carbocycles. The topological polar surface area (TPSA) is 52.6 Å². The lowest BCUT2D eigenvalue weighted by Crippen LogP contribution is -2.60. The van der Waals surface area contributed by atoms with E-state index in [9.17, 15) is 14.0 Å². The maximum absolute atomic E-state index is 14.2. The zero-order chi connectivity index (χ0) is 21.7. The second kappa shape index (κ2) is 6.14. The van der Waals surface area contributed by atoms with Crippen molar-refractivity contribution in [3.8, 4) is 0 Å². The molecule has 0 aromatic carbocycles. The molecule has 1 saturated heterocycles. The van der Waals surface area contributed by atoms with Gasteiger partial charge in [-0.05, 0) is 70.4 Å². The summed E-state index contributed by atoms with van der Waals surface area (Å²) in [5, 5.41) is 0. The average molecular weight is 435 g/mol. The number of carbonyl (C=O) groups excluding carboxylic acids is 2. The lowest BCUT2D eigenvalue weighted by molar-refractivity contribution is -0.205. The average Bonchev–Trinajstić information content (AvgIpc) is 3.07. The Morgan fingerprint density at radius 2 is 2.03 bits per heavy atom. The molecule has 5 aliphatic rings. The fraction of sp³-hybridized carbons (Fsp3) is 0.667. The van der Waals surface area contributed by atoms with Crippen LogP contribution in [0.3, 0.4) is 0 Å². The molecule has 6 heteroatoms. The van der Waals surface area contributed by atoms with Crippen molar-refractivity contribution in [3.05, 3.63) is 35.5 Å². The minimum Gasteiger partial charge on any atom is -0.344 e. The molecule has 5 rings (SSSR count). The van der Waals surface area contributed by atoms with Gasteiger partial charge in [0.1, 0.15) is 0 Å². The summed E-state index contributed by atoms with van der Waals surface area (Å²) in [5.74, 6) is -1.30. The Balaban J connectivity index is 1.61. The summed E-state index contributed by atoms with van der Waals surface area (Å²) in [6.45, 7) is 7.76. The van der Waals surface area contributed by atoms with E-state index in [2.05, 4.69) is 13.0 Å². The molecule has 0 aromatic heterocycles. The first-order valence-corrected chi connectivity index (χ1v) is 11.2. The summed E-state index contributed by atoms with van der Waals surface area (Å²) in [5.41, 5.74) is -1.94. The first-order valence-electron chi connectivity index (χ1n) is 10.8. The molecule has 0 amide bonds. The van der Waals surface area contributed by atoms with Crippen LogP contribution < -0.4 is 0 Å². The molecule has 0 N–H and O–H groups in total. The maximum atomic E-state index is 14.2. The Hall–Kier alpha value is -1.30. The molecule has 162 valence electrons. The fourth-order valence-corrected chi connectivity index (χ4v) is 7.39. The van der Waals surface area contributed by atoms with Gasteiger partial charge in [0.15, 0.2) is 17.2 Å². The minimum atomic E-state index is -2.13. The normalized spacial score (nSPS) is 46.9. The highest BCUT2D eigenvalue weighted by Crippen LogP contribution is 2.69. The van der Waals surface area contributed by atoms with Gasteiger partial charge in [0, 0.05) is 10.8 Å². The van der Waals surface area contributed by atoms with Crippen molar-refractivity contribution in [2.24, 2.45) is 22.7 Å². The Kier molecular flexibility index (Phi) is 4.22. The predicted molar refractivity (Wildman–Crippen MR) is 110 cm³/mol. The Bertz CT molecular complexity index is 933. The summed E-state index contributed by atoms with van der Waals surface area (Å²) in [6, 6.07) is 0. The van der Waals surface area contributed by atoms with Crippen molar-refractivity contribution in [1.82, 2.24) is 0 Å². The summed E-state index contributed by atoms with van der Waals surface area (Å²) < 4.78 is 26.7. The van der Waals surface area contributed by atoms with Gasteiger partial charge in [-0.1, -0.05) is 41.8 Å². The molecule has 4 aliphatic carbocycles. The molecule has 7 atom stereocenters. The number of halogens is 2. The van der Waals surface area contributed by atoms with E-state index in [1.807, 2.05) is 13.0 Å². The van der Waals surface area contributed by atoms with E-state index in [4.69, 9.17) is 21.1 Å². The van der Waals surface area contributed by atoms with Gasteiger partial charge in [0.05, 0.1) is 6.10 Å². The van der Waals surface area contributed by atoms with Crippen LogP contribution in [0.2, 0.25) is 0 Å². The number of allylic oxidation sites excluding steroid dienone is 6. The van der Waals surface area contributed by atoms with Crippen molar-refractivity contribution in [2.45, 2.75) is 76.5 Å². The minimum absolute atomic E-state index is 0.0438. The van der Waals surface area contributed by atoms with Gasteiger partial charge in [-0.3, -0.25) is 9.59 Å². The molecular weight excluding hydrogens is 407 g/mol. The summed E-state index contributed by atoms with van der Waals surface area (Å²) in [6.07, 6.45) is 10.1. The molecule has 0 bridgehead atoms. The van der Waals surface area contributed by atoms with Crippen LogP contribution in [0, 0.1) is 22.7 Å². The lowest BCUT2D eigenvalue weighted by Gasteiger charge is -2.54. The monoisotopic (exact) mass is 434 g/mol. The van der Waals surface area contributed by atoms with Crippen molar-refractivity contribution in [1.29, 1.82) is 0 Å². The fourth-order valence-electron chi connectivity index (χ4n) is 7.23. The molecular formula is C24H28ClFO4. The molecule has 1 unspecified atom stereocenters. The third kappa shape index (κ3) is 2.40. The number of Topliss-reactive ketones (excluding diaryl/α,β-unsaturated/α-hetero) is 1. The van der Waals surface area contributed by atoms with Crippen molar-refractivity contribution in [2.75, 3.05) is 0 Å². The van der Waals surface area contributed by atoms with Crippen LogP contribution in [0.25, 0.3) is 0 Å². The predicted octanol–water partition coefficient (Wildman–Crippen LogP) is 4.82. The lowest BCUT2D eigenvalue weighted by atomic mass is 9.51. The van der Waals surface area contributed by atoms with Crippen LogP contribution in [0.5, 0.6) is 0 Å². The smallest absolute Gasteiger partial charge is 0.234 e. The van der Waals surface area contributed by atoms with Gasteiger partial charge in [-0.15, -0.1) is 0 Å². The zero-order valence-electron chi connectivity index (χ0n) is 17.8. The first kappa shape index (κ1) is 20.6. The Morgan fingerprint density at radius 3 is 2.73 bits per heavy atom. The number of ketones is 2. The van der Waals surface area contributed by atoms with E-state index in [1.165, 1.54) is 5.57 Å². The maximum Gasteiger partial charge on any atom is 0.234 e. The molecule has 30 heavy (non-hydrogen) atoms. The summed E-state index contributed by atoms with van der Waals surface area (Å²) >= 11 is 5.70. The van der Waals surface area contributed by atoms with Gasteiger partial charge in [-0.25, -0.2) is 4.39 Å². The SMILES string of the molecule is CC1(C)O[C@@H]2C[C@H]3[C@@H]4CCC5=CC(=O)C=C[C@]5(C)C4=CC[C@]3(C)[C@]2(C(=O)C(F)Cl)O1. The van der Waals surface area contributed by atoms with Gasteiger partial charge in [0.25, 0.3) is 0 Å². The quantitative estimate of drug-likeness (QED) is 0.462. The number of hydrogen-bond acceptors (Lipinski definition) is 4. The molecule has 0 spiro atoms. The number of ether oxygens (including phenoxy) is 2. The van der Waals surface area contributed by atoms with Gasteiger partial charge in [0.2, 0.25) is 11.4 Å². The van der Waals surface area contributed by atoms with Crippen molar-refractivity contribution < 1.29 is 23.5 Å². The van der Waals surface area contributed by atoms with Crippen LogP contribution in [0.4, 0.5) is 4.39 Å². The summed E-state index contributed by atoms with van der Waals surface area (Å²) in [4.78, 5) is 25.1. The van der Waals surface area contributed by atoms with Crippen LogP contribution >= 0.6 is 11.6 Å². The number of fused-ring (bicyclic) bond motifs is 7. The highest BCUT2D eigenvalue weighted by atomic mass is 35.5. The molecule has 0 aromatic rings. The Labute approximate surface area is 181 Å². The molecule has 4 nitrogen and oxygen atoms in total. The first-order chi connectivity index (χ1) is 13.9. The van der Waals surface area contributed by atoms with E-state index < -0.39 is 34.3 Å². The number of alkyl halides is 2. The van der Waals surface area contributed by atoms with Crippen LogP contribution in [-0.4, -0.2) is 34.7 Å². The number of rotatable bonds is 2. The van der Waals surface area contributed by atoms with Crippen LogP contribution in [0.1, 0.15) is 53.4 Å². The van der Waals surface area contributed by atoms with Gasteiger partial charge >= 0.3 is 0 Å². The third-order valence-electron chi connectivity index (χ3n) is 8.51. The summed E-state index contributed by atoms with van der Waals surface area (Å²) in [7, 11) is 0. The van der Waals surface area contributed by atoms with E-state index >= 15 is 0 Å². The molecule has 0 radical (unpaired) electrons. The second-order valence-corrected chi connectivity index (χ2v) is 10.8. The zero-order valence-corrected chi connectivity index (χ0v) is 18.6. The van der Waals surface area contributed by atoms with E-state index in [1.54, 1.807) is 26.0 Å². The highest BCUT2D eigenvalue weighted by Gasteiger charge is 2.75. The van der Waals surface area contributed by atoms with Crippen LogP contribution in [-0.2, 0) is 19.1 Å². The van der Waals surface area contributed by atoms with Gasteiger partial charge in [-0.2, -0.15) is 0 Å². The molecule has 3 fully saturated rings. The molecule has 1 heterocycles. The van der Waals surface area contributed by atoms with E-state index in [0.717, 1.165) is 18.4 Å². The second-order valence-electron chi connectivity index (χ2n) is 10.4. The molecule has 1 aliphatic heterocycles.